The predicted octanol–water partition coefficient (Wildman–Crippen LogP) is 3.19. The average molecular weight is 404 g/mol. The molecule has 7 nitrogen and oxygen atoms in total. The third-order valence-electron chi connectivity index (χ3n) is 5.42. The average Bonchev–Trinajstić information content (AvgIpc) is 3.16. The third-order valence-corrected chi connectivity index (χ3v) is 5.42. The lowest BCUT2D eigenvalue weighted by Gasteiger charge is -2.29. The summed E-state index contributed by atoms with van der Waals surface area (Å²) in [5.41, 5.74) is 1.66. The molecule has 0 saturated carbocycles. The largest absolute Gasteiger partial charge is 0.504 e. The van der Waals surface area contributed by atoms with Crippen LogP contribution in [0.1, 0.15) is 30.3 Å². The number of methoxy groups -OCH3 is 2. The van der Waals surface area contributed by atoms with E-state index < -0.39 is 0 Å². The molecule has 0 aromatic heterocycles. The lowest BCUT2D eigenvalue weighted by atomic mass is 9.82. The number of aliphatic hydroxyl groups is 1. The zero-order valence-corrected chi connectivity index (χ0v) is 16.9. The molecule has 0 bridgehead atoms. The Hall–Kier alpha value is -2.48. The first-order chi connectivity index (χ1) is 14.0. The Balaban J connectivity index is 1.92. The van der Waals surface area contributed by atoms with Crippen LogP contribution < -0.4 is 9.47 Å². The molecule has 0 spiro atoms. The van der Waals surface area contributed by atoms with Crippen molar-refractivity contribution in [2.45, 2.75) is 19.1 Å². The van der Waals surface area contributed by atoms with Gasteiger partial charge in [0.2, 0.25) is 0 Å². The summed E-state index contributed by atoms with van der Waals surface area (Å²) in [6.07, 6.45) is -0.697. The molecule has 2 aromatic rings. The number of phenols is 2. The number of aliphatic hydroxyl groups excluding tert-OH is 1. The molecule has 1 fully saturated rings. The molecule has 1 aliphatic rings. The highest BCUT2D eigenvalue weighted by atomic mass is 16.5. The van der Waals surface area contributed by atoms with E-state index in [1.54, 1.807) is 36.4 Å². The van der Waals surface area contributed by atoms with Gasteiger partial charge in [0.15, 0.2) is 23.0 Å². The quantitative estimate of drug-likeness (QED) is 0.622. The molecule has 1 aliphatic heterocycles. The van der Waals surface area contributed by atoms with E-state index in [2.05, 4.69) is 0 Å². The molecule has 0 unspecified atom stereocenters. The van der Waals surface area contributed by atoms with Crippen molar-refractivity contribution in [3.8, 4) is 23.0 Å². The standard InChI is InChI=1S/C22H28O7/c1-4-28-22(14-6-8-18(25)20(10-14)27-3)16-12-29-21(15(16)11-23)13-5-7-17(24)19(9-13)26-2/h5-10,15-16,21-25H,4,11-12H2,1-3H3/t15-,16-,21+,22+/m1/s1. The fourth-order valence-corrected chi connectivity index (χ4v) is 3.96. The highest BCUT2D eigenvalue weighted by Crippen LogP contribution is 2.47. The fraction of sp³-hybridized carbons (Fsp3) is 0.455. The number of hydrogen-bond donors (Lipinski definition) is 3. The van der Waals surface area contributed by atoms with Crippen LogP contribution in [0.2, 0.25) is 0 Å². The Morgan fingerprint density at radius 3 is 2.31 bits per heavy atom. The van der Waals surface area contributed by atoms with E-state index in [9.17, 15) is 15.3 Å². The minimum Gasteiger partial charge on any atom is -0.504 e. The van der Waals surface area contributed by atoms with E-state index in [0.29, 0.717) is 24.7 Å². The van der Waals surface area contributed by atoms with Gasteiger partial charge in [-0.2, -0.15) is 0 Å². The summed E-state index contributed by atoms with van der Waals surface area (Å²) < 4.78 is 22.5. The van der Waals surface area contributed by atoms with Crippen molar-refractivity contribution in [1.29, 1.82) is 0 Å². The van der Waals surface area contributed by atoms with Crippen LogP contribution in [0.15, 0.2) is 36.4 Å². The normalized spacial score (nSPS) is 22.4. The zero-order chi connectivity index (χ0) is 21.0. The van der Waals surface area contributed by atoms with Gasteiger partial charge in [-0.3, -0.25) is 0 Å². The molecule has 1 saturated heterocycles. The van der Waals surface area contributed by atoms with Crippen LogP contribution in [0, 0.1) is 11.8 Å². The first-order valence-corrected chi connectivity index (χ1v) is 9.61. The fourth-order valence-electron chi connectivity index (χ4n) is 3.96. The summed E-state index contributed by atoms with van der Waals surface area (Å²) in [4.78, 5) is 0. The van der Waals surface area contributed by atoms with Crippen LogP contribution in [-0.4, -0.2) is 49.4 Å². The molecule has 0 radical (unpaired) electrons. The maximum Gasteiger partial charge on any atom is 0.160 e. The second kappa shape index (κ2) is 9.35. The van der Waals surface area contributed by atoms with Crippen LogP contribution in [0.3, 0.4) is 0 Å². The smallest absolute Gasteiger partial charge is 0.160 e. The van der Waals surface area contributed by atoms with Crippen molar-refractivity contribution >= 4 is 0 Å². The van der Waals surface area contributed by atoms with Gasteiger partial charge in [0, 0.05) is 25.0 Å². The number of benzene rings is 2. The van der Waals surface area contributed by atoms with Gasteiger partial charge in [-0.25, -0.2) is 0 Å². The second-order valence-electron chi connectivity index (χ2n) is 7.00. The van der Waals surface area contributed by atoms with Gasteiger partial charge in [-0.15, -0.1) is 0 Å². The summed E-state index contributed by atoms with van der Waals surface area (Å²) >= 11 is 0. The van der Waals surface area contributed by atoms with Crippen LogP contribution >= 0.6 is 0 Å². The van der Waals surface area contributed by atoms with Gasteiger partial charge < -0.3 is 34.3 Å². The maximum atomic E-state index is 10.2. The van der Waals surface area contributed by atoms with Crippen LogP contribution in [-0.2, 0) is 9.47 Å². The lowest BCUT2D eigenvalue weighted by molar-refractivity contribution is -0.00262. The summed E-state index contributed by atoms with van der Waals surface area (Å²) in [5, 5.41) is 30.0. The van der Waals surface area contributed by atoms with E-state index in [1.165, 1.54) is 14.2 Å². The van der Waals surface area contributed by atoms with Crippen molar-refractivity contribution in [2.24, 2.45) is 11.8 Å². The van der Waals surface area contributed by atoms with E-state index in [1.807, 2.05) is 6.92 Å². The van der Waals surface area contributed by atoms with Crippen LogP contribution in [0.4, 0.5) is 0 Å². The van der Waals surface area contributed by atoms with Gasteiger partial charge in [0.25, 0.3) is 0 Å². The predicted molar refractivity (Wildman–Crippen MR) is 106 cm³/mol. The minimum atomic E-state index is -0.360. The van der Waals surface area contributed by atoms with E-state index >= 15 is 0 Å². The van der Waals surface area contributed by atoms with Crippen molar-refractivity contribution < 1.29 is 34.3 Å². The summed E-state index contributed by atoms with van der Waals surface area (Å²) in [6.45, 7) is 2.71. The molecule has 2 aromatic carbocycles. The molecular formula is C22H28O7. The van der Waals surface area contributed by atoms with Gasteiger partial charge in [-0.05, 0) is 42.3 Å². The monoisotopic (exact) mass is 404 g/mol. The Morgan fingerprint density at radius 2 is 1.69 bits per heavy atom. The summed E-state index contributed by atoms with van der Waals surface area (Å²) in [7, 11) is 2.99. The molecule has 0 aliphatic carbocycles. The highest BCUT2D eigenvalue weighted by Gasteiger charge is 2.43. The minimum absolute atomic E-state index is 0.0507. The summed E-state index contributed by atoms with van der Waals surface area (Å²) in [6, 6.07) is 10.2. The van der Waals surface area contributed by atoms with Crippen molar-refractivity contribution in [1.82, 2.24) is 0 Å². The lowest BCUT2D eigenvalue weighted by Crippen LogP contribution is -2.26. The Labute approximate surface area is 170 Å². The number of aromatic hydroxyl groups is 2. The highest BCUT2D eigenvalue weighted by molar-refractivity contribution is 5.44. The van der Waals surface area contributed by atoms with Gasteiger partial charge in [-0.1, -0.05) is 12.1 Å². The molecule has 3 N–H and O–H groups in total. The van der Waals surface area contributed by atoms with E-state index in [4.69, 9.17) is 18.9 Å². The van der Waals surface area contributed by atoms with E-state index in [0.717, 1.165) is 11.1 Å². The number of phenolic OH excluding ortho intramolecular Hbond substituents is 2. The molecular weight excluding hydrogens is 376 g/mol. The molecule has 1 heterocycles. The SMILES string of the molecule is CCO[C@@H](c1ccc(O)c(OC)c1)[C@@H]1CO[C@@H](c2ccc(O)c(OC)c2)[C@@H]1CO. The topological polar surface area (TPSA) is 97.6 Å². The molecule has 7 heteroatoms. The Kier molecular flexibility index (Phi) is 6.84. The van der Waals surface area contributed by atoms with Crippen molar-refractivity contribution in [2.75, 3.05) is 34.0 Å². The number of ether oxygens (including phenoxy) is 4. The number of hydrogen-bond acceptors (Lipinski definition) is 7. The van der Waals surface area contributed by atoms with Crippen LogP contribution in [0.5, 0.6) is 23.0 Å². The van der Waals surface area contributed by atoms with Gasteiger partial charge in [0.05, 0.1) is 33.0 Å². The van der Waals surface area contributed by atoms with Crippen molar-refractivity contribution in [3.05, 3.63) is 47.5 Å². The second-order valence-corrected chi connectivity index (χ2v) is 7.00. The first kappa shape index (κ1) is 21.2. The molecule has 29 heavy (non-hydrogen) atoms. The third kappa shape index (κ3) is 4.27. The van der Waals surface area contributed by atoms with E-state index in [-0.39, 0.29) is 42.1 Å². The summed E-state index contributed by atoms with van der Waals surface area (Å²) in [5.74, 6) is 0.499. The Morgan fingerprint density at radius 1 is 1.03 bits per heavy atom. The van der Waals surface area contributed by atoms with Gasteiger partial charge >= 0.3 is 0 Å². The molecule has 158 valence electrons. The number of rotatable bonds is 8. The van der Waals surface area contributed by atoms with Crippen LogP contribution in [0.25, 0.3) is 0 Å². The maximum absolute atomic E-state index is 10.2. The Bertz CT molecular complexity index is 823. The molecule has 0 amide bonds. The molecule has 4 atom stereocenters. The zero-order valence-electron chi connectivity index (χ0n) is 16.9. The molecule has 3 rings (SSSR count). The first-order valence-electron chi connectivity index (χ1n) is 9.61. The van der Waals surface area contributed by atoms with Gasteiger partial charge in [0.1, 0.15) is 0 Å². The van der Waals surface area contributed by atoms with Crippen molar-refractivity contribution in [3.63, 3.8) is 0 Å².